The minimum Gasteiger partial charge on any atom is -0.493 e. The number of rotatable bonds is 6. The van der Waals surface area contributed by atoms with Crippen molar-refractivity contribution in [2.75, 3.05) is 18.1 Å². The maximum Gasteiger partial charge on any atom is 0.119 e. The molecule has 2 N–H and O–H groups in total. The zero-order chi connectivity index (χ0) is 13.5. The molecule has 0 aliphatic carbocycles. The lowest BCUT2D eigenvalue weighted by Crippen LogP contribution is -2.00. The molecule has 2 aromatic rings. The number of nitrogens with two attached hydrogens (primary N) is 1. The van der Waals surface area contributed by atoms with Crippen LogP contribution in [0, 0.1) is 0 Å². The SMILES string of the molecule is CCc1cccc(OCCSc2ccc(N)cc2)c1. The molecule has 0 amide bonds. The summed E-state index contributed by atoms with van der Waals surface area (Å²) in [4.78, 5) is 1.22. The number of hydrogen-bond donors (Lipinski definition) is 1. The van der Waals surface area contributed by atoms with E-state index in [1.807, 2.05) is 36.4 Å². The summed E-state index contributed by atoms with van der Waals surface area (Å²) in [7, 11) is 0. The van der Waals surface area contributed by atoms with Crippen molar-refractivity contribution in [3.05, 3.63) is 54.1 Å². The van der Waals surface area contributed by atoms with E-state index < -0.39 is 0 Å². The molecule has 0 unspecified atom stereocenters. The molecule has 0 aromatic heterocycles. The van der Waals surface area contributed by atoms with Crippen molar-refractivity contribution in [2.24, 2.45) is 0 Å². The van der Waals surface area contributed by atoms with E-state index >= 15 is 0 Å². The first-order chi connectivity index (χ1) is 9.28. The van der Waals surface area contributed by atoms with E-state index in [-0.39, 0.29) is 0 Å². The summed E-state index contributed by atoms with van der Waals surface area (Å²) in [6, 6.07) is 16.2. The third-order valence-electron chi connectivity index (χ3n) is 2.81. The molecule has 0 saturated carbocycles. The van der Waals surface area contributed by atoms with Gasteiger partial charge < -0.3 is 10.5 Å². The number of nitrogen functional groups attached to an aromatic ring is 1. The van der Waals surface area contributed by atoms with Crippen molar-refractivity contribution in [3.63, 3.8) is 0 Å². The summed E-state index contributed by atoms with van der Waals surface area (Å²) < 4.78 is 5.75. The first kappa shape index (κ1) is 13.8. The first-order valence-corrected chi connectivity index (χ1v) is 7.46. The Morgan fingerprint density at radius 3 is 2.63 bits per heavy atom. The topological polar surface area (TPSA) is 35.2 Å². The number of ether oxygens (including phenoxy) is 1. The number of aryl methyl sites for hydroxylation is 1. The Morgan fingerprint density at radius 2 is 1.89 bits per heavy atom. The highest BCUT2D eigenvalue weighted by Gasteiger charge is 1.97. The Labute approximate surface area is 119 Å². The molecule has 0 aliphatic rings. The van der Waals surface area contributed by atoms with Crippen LogP contribution in [0.25, 0.3) is 0 Å². The molecule has 2 rings (SSSR count). The largest absolute Gasteiger partial charge is 0.493 e. The van der Waals surface area contributed by atoms with Crippen molar-refractivity contribution in [1.29, 1.82) is 0 Å². The third kappa shape index (κ3) is 4.52. The van der Waals surface area contributed by atoms with Gasteiger partial charge in [-0.1, -0.05) is 19.1 Å². The van der Waals surface area contributed by atoms with Gasteiger partial charge in [0, 0.05) is 16.3 Å². The van der Waals surface area contributed by atoms with Crippen molar-refractivity contribution >= 4 is 17.4 Å². The fourth-order valence-electron chi connectivity index (χ4n) is 1.74. The lowest BCUT2D eigenvalue weighted by Gasteiger charge is -2.07. The second-order valence-electron chi connectivity index (χ2n) is 4.27. The quantitative estimate of drug-likeness (QED) is 0.491. The monoisotopic (exact) mass is 273 g/mol. The number of thioether (sulfide) groups is 1. The highest BCUT2D eigenvalue weighted by atomic mass is 32.2. The highest BCUT2D eigenvalue weighted by molar-refractivity contribution is 7.99. The molecule has 19 heavy (non-hydrogen) atoms. The third-order valence-corrected chi connectivity index (χ3v) is 3.78. The zero-order valence-corrected chi connectivity index (χ0v) is 12.0. The van der Waals surface area contributed by atoms with Gasteiger partial charge in [-0.15, -0.1) is 11.8 Å². The predicted molar refractivity (Wildman–Crippen MR) is 82.9 cm³/mol. The van der Waals surface area contributed by atoms with E-state index in [0.717, 1.165) is 23.6 Å². The number of hydrogen-bond acceptors (Lipinski definition) is 3. The van der Waals surface area contributed by atoms with Gasteiger partial charge in [-0.25, -0.2) is 0 Å². The van der Waals surface area contributed by atoms with Crippen LogP contribution in [0.3, 0.4) is 0 Å². The van der Waals surface area contributed by atoms with Crippen LogP contribution in [0.15, 0.2) is 53.4 Å². The van der Waals surface area contributed by atoms with Gasteiger partial charge in [-0.3, -0.25) is 0 Å². The summed E-state index contributed by atoms with van der Waals surface area (Å²) in [5, 5.41) is 0. The Balaban J connectivity index is 1.75. The normalized spacial score (nSPS) is 10.4. The van der Waals surface area contributed by atoms with Gasteiger partial charge in [-0.2, -0.15) is 0 Å². The number of benzene rings is 2. The molecule has 0 spiro atoms. The van der Waals surface area contributed by atoms with Gasteiger partial charge in [0.2, 0.25) is 0 Å². The molecule has 3 heteroatoms. The molecule has 0 radical (unpaired) electrons. The van der Waals surface area contributed by atoms with Crippen LogP contribution < -0.4 is 10.5 Å². The van der Waals surface area contributed by atoms with Gasteiger partial charge in [-0.05, 0) is 48.4 Å². The summed E-state index contributed by atoms with van der Waals surface area (Å²) in [6.45, 7) is 2.86. The van der Waals surface area contributed by atoms with E-state index in [1.165, 1.54) is 10.5 Å². The average molecular weight is 273 g/mol. The van der Waals surface area contributed by atoms with Crippen molar-refractivity contribution in [1.82, 2.24) is 0 Å². The van der Waals surface area contributed by atoms with Gasteiger partial charge in [0.1, 0.15) is 5.75 Å². The summed E-state index contributed by atoms with van der Waals surface area (Å²) in [5.41, 5.74) is 7.76. The Kier molecular flexibility index (Phi) is 5.16. The van der Waals surface area contributed by atoms with Gasteiger partial charge in [0.25, 0.3) is 0 Å². The van der Waals surface area contributed by atoms with Crippen LogP contribution in [-0.4, -0.2) is 12.4 Å². The second kappa shape index (κ2) is 7.10. The Hall–Kier alpha value is -1.61. The standard InChI is InChI=1S/C16H19NOS/c1-2-13-4-3-5-15(12-13)18-10-11-19-16-8-6-14(17)7-9-16/h3-9,12H,2,10-11,17H2,1H3. The Morgan fingerprint density at radius 1 is 1.11 bits per heavy atom. The molecule has 100 valence electrons. The first-order valence-electron chi connectivity index (χ1n) is 6.48. The van der Waals surface area contributed by atoms with Crippen molar-refractivity contribution in [3.8, 4) is 5.75 Å². The van der Waals surface area contributed by atoms with E-state index in [9.17, 15) is 0 Å². The average Bonchev–Trinajstić information content (AvgIpc) is 2.46. The van der Waals surface area contributed by atoms with E-state index in [1.54, 1.807) is 11.8 Å². The van der Waals surface area contributed by atoms with Crippen LogP contribution in [0.1, 0.15) is 12.5 Å². The van der Waals surface area contributed by atoms with Crippen molar-refractivity contribution < 1.29 is 4.74 Å². The fourth-order valence-corrected chi connectivity index (χ4v) is 2.47. The van der Waals surface area contributed by atoms with Gasteiger partial charge in [0.05, 0.1) is 6.61 Å². The summed E-state index contributed by atoms with van der Waals surface area (Å²) in [6.07, 6.45) is 1.04. The van der Waals surface area contributed by atoms with Crippen LogP contribution in [0.4, 0.5) is 5.69 Å². The lowest BCUT2D eigenvalue weighted by molar-refractivity contribution is 0.343. The van der Waals surface area contributed by atoms with Crippen LogP contribution in [0.2, 0.25) is 0 Å². The van der Waals surface area contributed by atoms with Crippen LogP contribution >= 0.6 is 11.8 Å². The zero-order valence-electron chi connectivity index (χ0n) is 11.1. The number of anilines is 1. The van der Waals surface area contributed by atoms with Gasteiger partial charge >= 0.3 is 0 Å². The molecule has 0 atom stereocenters. The minimum atomic E-state index is 0.711. The molecule has 0 bridgehead atoms. The highest BCUT2D eigenvalue weighted by Crippen LogP contribution is 2.20. The van der Waals surface area contributed by atoms with Crippen molar-refractivity contribution in [2.45, 2.75) is 18.2 Å². The summed E-state index contributed by atoms with van der Waals surface area (Å²) >= 11 is 1.78. The molecule has 2 nitrogen and oxygen atoms in total. The molecule has 0 aliphatic heterocycles. The second-order valence-corrected chi connectivity index (χ2v) is 5.44. The molecular formula is C16H19NOS. The predicted octanol–water partition coefficient (Wildman–Crippen LogP) is 4.00. The molecule has 2 aromatic carbocycles. The smallest absolute Gasteiger partial charge is 0.119 e. The molecule has 0 heterocycles. The Bertz CT molecular complexity index is 510. The fraction of sp³-hybridized carbons (Fsp3) is 0.250. The maximum absolute atomic E-state index is 5.75. The molecule has 0 fully saturated rings. The van der Waals surface area contributed by atoms with E-state index in [2.05, 4.69) is 19.1 Å². The lowest BCUT2D eigenvalue weighted by atomic mass is 10.2. The van der Waals surface area contributed by atoms with Gasteiger partial charge in [0.15, 0.2) is 0 Å². The van der Waals surface area contributed by atoms with Crippen LogP contribution in [0.5, 0.6) is 5.75 Å². The minimum absolute atomic E-state index is 0.711. The van der Waals surface area contributed by atoms with E-state index in [4.69, 9.17) is 10.5 Å². The maximum atomic E-state index is 5.75. The molecular weight excluding hydrogens is 254 g/mol. The van der Waals surface area contributed by atoms with Crippen LogP contribution in [-0.2, 0) is 6.42 Å². The van der Waals surface area contributed by atoms with E-state index in [0.29, 0.717) is 6.61 Å². The molecule has 0 saturated heterocycles. The summed E-state index contributed by atoms with van der Waals surface area (Å²) in [5.74, 6) is 1.89.